The van der Waals surface area contributed by atoms with Gasteiger partial charge in [0.2, 0.25) is 11.8 Å². The van der Waals surface area contributed by atoms with Crippen molar-refractivity contribution in [3.8, 4) is 28.1 Å². The molecule has 3 saturated heterocycles. The number of benzene rings is 3. The number of carbonyl (C=O) groups is 4. The number of halogens is 1. The number of hydrogen-bond acceptors (Lipinski definition) is 10. The number of fused-ring (bicyclic) bond motifs is 6. The van der Waals surface area contributed by atoms with Crippen molar-refractivity contribution in [2.24, 2.45) is 11.3 Å². The van der Waals surface area contributed by atoms with E-state index in [0.717, 1.165) is 81.2 Å². The molecule has 6 atom stereocenters. The van der Waals surface area contributed by atoms with Gasteiger partial charge in [-0.3, -0.25) is 9.59 Å². The van der Waals surface area contributed by atoms with Crippen LogP contribution >= 0.6 is 23.0 Å². The Morgan fingerprint density at radius 2 is 1.59 bits per heavy atom. The third kappa shape index (κ3) is 7.91. The van der Waals surface area contributed by atoms with Crippen LogP contribution in [0.1, 0.15) is 102 Å². The van der Waals surface area contributed by atoms with Gasteiger partial charge in [-0.05, 0) is 105 Å². The molecule has 4 amide bonds. The third-order valence-corrected chi connectivity index (χ3v) is 14.5. The molecule has 4 aliphatic heterocycles. The van der Waals surface area contributed by atoms with Gasteiger partial charge in [-0.25, -0.2) is 19.6 Å². The van der Waals surface area contributed by atoms with E-state index in [1.807, 2.05) is 56.7 Å². The fraction of sp³-hybridized carbons (Fsp3) is 0.489. The highest BCUT2D eigenvalue weighted by Crippen LogP contribution is 2.45. The monoisotopic (exact) mass is 986 g/mol. The Bertz CT molecular complexity index is 2620. The fourth-order valence-electron chi connectivity index (χ4n) is 10.3. The lowest BCUT2D eigenvalue weighted by atomic mass is 9.75. The van der Waals surface area contributed by atoms with Crippen molar-refractivity contribution in [2.75, 3.05) is 20.3 Å². The van der Waals surface area contributed by atoms with Crippen molar-refractivity contribution in [2.45, 2.75) is 116 Å². The van der Waals surface area contributed by atoms with E-state index in [1.165, 1.54) is 30.1 Å². The molecule has 64 heavy (non-hydrogen) atoms. The lowest BCUT2D eigenvalue weighted by Gasteiger charge is -2.42. The van der Waals surface area contributed by atoms with Crippen LogP contribution in [-0.4, -0.2) is 98.2 Å². The highest BCUT2D eigenvalue weighted by molar-refractivity contribution is 14.1. The topological polar surface area (TPSA) is 193 Å². The molecule has 4 N–H and O–H groups in total. The summed E-state index contributed by atoms with van der Waals surface area (Å²) in [6.07, 6.45) is 4.95. The van der Waals surface area contributed by atoms with Crippen molar-refractivity contribution < 1.29 is 36.5 Å². The normalized spacial score (nSPS) is 22.4. The van der Waals surface area contributed by atoms with Crippen LogP contribution in [0.2, 0.25) is 0 Å². The molecule has 16 nitrogen and oxygen atoms in total. The molecule has 0 spiro atoms. The molecular formula is C47H55IN8O8. The number of imidazole rings is 2. The molecule has 0 saturated carbocycles. The van der Waals surface area contributed by atoms with Gasteiger partial charge in [-0.1, -0.05) is 39.0 Å². The van der Waals surface area contributed by atoms with E-state index in [-0.39, 0.29) is 41.9 Å². The number of amides is 4. The Morgan fingerprint density at radius 1 is 0.875 bits per heavy atom. The van der Waals surface area contributed by atoms with Crippen LogP contribution in [0.3, 0.4) is 0 Å². The van der Waals surface area contributed by atoms with Crippen molar-refractivity contribution in [1.82, 2.24) is 40.4 Å². The second-order valence-electron chi connectivity index (χ2n) is 18.4. The van der Waals surface area contributed by atoms with E-state index in [2.05, 4.69) is 57.0 Å². The number of carbonyl (C=O) groups excluding carboxylic acids is 4. The number of H-pyrrole nitrogens is 2. The van der Waals surface area contributed by atoms with Crippen molar-refractivity contribution in [3.63, 3.8) is 0 Å². The molecule has 3 aromatic carbocycles. The Kier molecular flexibility index (Phi) is 12.0. The Hall–Kier alpha value is -5.43. The van der Waals surface area contributed by atoms with Gasteiger partial charge in [0, 0.05) is 41.7 Å². The zero-order valence-corrected chi connectivity index (χ0v) is 39.1. The second kappa shape index (κ2) is 17.5. The molecule has 0 aliphatic carbocycles. The zero-order chi connectivity index (χ0) is 45.0. The van der Waals surface area contributed by atoms with E-state index in [9.17, 15) is 19.2 Å². The van der Waals surface area contributed by atoms with Crippen LogP contribution in [0.4, 0.5) is 9.59 Å². The standard InChI is InChI=1S/C47H55IN8O8/c1-24(2)38(53-46(60)64-48)43(57)55-25(3)8-14-36(55)42-50-33-12-10-27-20-32-30-11-9-28(19-29(30)23-63-37(32)21-31(27)39(33)52-42)34-22-49-41(51-34)35-13-7-26(4)56(35)44(58)40(54-45(59)61-6)47(5)15-17-62-18-16-47/h9-12,19-22,24-26,35-36,38,40H,7-8,13-18,23H2,1-6H3,(H,49,51)(H,50,52)(H,53,60)(H,54,59)/t25-,26-,35-,36-,38-,40+/m0/s1. The lowest BCUT2D eigenvalue weighted by Crippen LogP contribution is -2.58. The van der Waals surface area contributed by atoms with Crippen LogP contribution in [0.5, 0.6) is 5.75 Å². The maximum Gasteiger partial charge on any atom is 0.417 e. The first-order valence-electron chi connectivity index (χ1n) is 22.2. The minimum Gasteiger partial charge on any atom is -0.488 e. The molecule has 4 aliphatic rings. The summed E-state index contributed by atoms with van der Waals surface area (Å²) in [6, 6.07) is 12.5. The molecule has 9 rings (SSSR count). The molecular weight excluding hydrogens is 931 g/mol. The van der Waals surface area contributed by atoms with Gasteiger partial charge < -0.3 is 47.7 Å². The maximum atomic E-state index is 14.5. The third-order valence-electron chi connectivity index (χ3n) is 14.1. The Labute approximate surface area is 385 Å². The summed E-state index contributed by atoms with van der Waals surface area (Å²) in [5.74, 6) is 1.75. The summed E-state index contributed by atoms with van der Waals surface area (Å²) in [5.41, 5.74) is 6.08. The number of methoxy groups -OCH3 is 1. The molecule has 0 unspecified atom stereocenters. The van der Waals surface area contributed by atoms with Gasteiger partial charge in [0.05, 0.1) is 42.1 Å². The highest BCUT2D eigenvalue weighted by atomic mass is 127. The average Bonchev–Trinajstić information content (AvgIpc) is 4.12. The van der Waals surface area contributed by atoms with Crippen molar-refractivity contribution in [1.29, 1.82) is 0 Å². The van der Waals surface area contributed by atoms with E-state index < -0.39 is 29.7 Å². The van der Waals surface area contributed by atoms with Crippen molar-refractivity contribution in [3.05, 3.63) is 65.9 Å². The first-order chi connectivity index (χ1) is 30.8. The summed E-state index contributed by atoms with van der Waals surface area (Å²) in [4.78, 5) is 74.0. The largest absolute Gasteiger partial charge is 0.488 e. The van der Waals surface area contributed by atoms with Crippen LogP contribution in [-0.2, 0) is 28.7 Å². The van der Waals surface area contributed by atoms with Crippen LogP contribution in [0.25, 0.3) is 44.2 Å². The van der Waals surface area contributed by atoms with Crippen LogP contribution in [0, 0.1) is 11.3 Å². The minimum absolute atomic E-state index is 0.0306. The second-order valence-corrected chi connectivity index (χ2v) is 18.9. The lowest BCUT2D eigenvalue weighted by molar-refractivity contribution is -0.141. The number of likely N-dealkylation sites (tertiary alicyclic amines) is 2. The quantitative estimate of drug-likeness (QED) is 0.104. The number of aromatic nitrogens is 4. The molecule has 338 valence electrons. The van der Waals surface area contributed by atoms with E-state index in [0.29, 0.717) is 44.3 Å². The Balaban J connectivity index is 0.964. The molecule has 17 heteroatoms. The number of rotatable bonds is 9. The summed E-state index contributed by atoms with van der Waals surface area (Å²) >= 11 is 1.52. The number of alkyl carbamates (subject to hydrolysis) is 1. The zero-order valence-electron chi connectivity index (χ0n) is 37.0. The number of nitrogens with zero attached hydrogens (tertiary/aromatic N) is 4. The molecule has 2 aromatic heterocycles. The SMILES string of the molecule is COC(=O)N[C@H](C(=O)N1[C@@H](C)CC[C@H]1c1ncc(-c2ccc3c(c2)COc2cc4c(ccc5[nH]c([C@@H]6CC[C@H](C)N6C(=O)[C@@H](NC(=O)OI)C(C)C)nc54)cc2-3)[nH]1)C1(C)CCOCC1. The predicted molar refractivity (Wildman–Crippen MR) is 247 cm³/mol. The number of aromatic amines is 2. The highest BCUT2D eigenvalue weighted by Gasteiger charge is 2.48. The van der Waals surface area contributed by atoms with Gasteiger partial charge in [-0.15, -0.1) is 0 Å². The van der Waals surface area contributed by atoms with Gasteiger partial charge >= 0.3 is 12.2 Å². The van der Waals surface area contributed by atoms with E-state index in [4.69, 9.17) is 27.2 Å². The van der Waals surface area contributed by atoms with Crippen LogP contribution < -0.4 is 15.4 Å². The van der Waals surface area contributed by atoms with Gasteiger partial charge in [0.1, 0.15) is 36.1 Å². The molecule has 3 fully saturated rings. The van der Waals surface area contributed by atoms with E-state index >= 15 is 0 Å². The summed E-state index contributed by atoms with van der Waals surface area (Å²) in [5, 5.41) is 7.57. The van der Waals surface area contributed by atoms with Gasteiger partial charge in [0.15, 0.2) is 23.0 Å². The predicted octanol–water partition coefficient (Wildman–Crippen LogP) is 8.41. The van der Waals surface area contributed by atoms with Gasteiger partial charge in [0.25, 0.3) is 0 Å². The number of hydrogen-bond donors (Lipinski definition) is 4. The number of nitrogens with one attached hydrogen (secondary N) is 4. The molecule has 0 radical (unpaired) electrons. The summed E-state index contributed by atoms with van der Waals surface area (Å²) in [6.45, 7) is 11.4. The van der Waals surface area contributed by atoms with E-state index in [1.54, 1.807) is 0 Å². The number of ether oxygens (including phenoxy) is 3. The summed E-state index contributed by atoms with van der Waals surface area (Å²) < 4.78 is 21.8. The van der Waals surface area contributed by atoms with Crippen molar-refractivity contribution >= 4 is 68.8 Å². The maximum absolute atomic E-state index is 14.5. The smallest absolute Gasteiger partial charge is 0.417 e. The minimum atomic E-state index is -0.768. The average molecular weight is 987 g/mol. The molecule has 5 aromatic rings. The molecule has 0 bridgehead atoms. The van der Waals surface area contributed by atoms with Gasteiger partial charge in [-0.2, -0.15) is 0 Å². The first-order valence-corrected chi connectivity index (χ1v) is 23.1. The Morgan fingerprint density at radius 3 is 2.30 bits per heavy atom. The van der Waals surface area contributed by atoms with Crippen LogP contribution in [0.15, 0.2) is 48.7 Å². The molecule has 6 heterocycles. The summed E-state index contributed by atoms with van der Waals surface area (Å²) in [7, 11) is 1.31. The first kappa shape index (κ1) is 43.8. The fourth-order valence-corrected chi connectivity index (χ4v) is 10.5.